The molecule has 0 unspecified atom stereocenters. The van der Waals surface area contributed by atoms with E-state index in [0.717, 1.165) is 5.56 Å². The SMILES string of the molecule is CCO[C@@H]1COC[C@H]1NC(=O)CN(C)Cc1ccncc1. The van der Waals surface area contributed by atoms with Crippen molar-refractivity contribution in [2.24, 2.45) is 0 Å². The molecule has 1 saturated heterocycles. The molecule has 0 aliphatic carbocycles. The van der Waals surface area contributed by atoms with Gasteiger partial charge in [-0.15, -0.1) is 0 Å². The number of aromatic nitrogens is 1. The van der Waals surface area contributed by atoms with E-state index in [1.807, 2.05) is 31.0 Å². The van der Waals surface area contributed by atoms with Gasteiger partial charge in [-0.05, 0) is 31.7 Å². The first kappa shape index (κ1) is 15.9. The van der Waals surface area contributed by atoms with Crippen LogP contribution in [-0.2, 0) is 20.8 Å². The van der Waals surface area contributed by atoms with Gasteiger partial charge >= 0.3 is 0 Å². The maximum absolute atomic E-state index is 12.1. The molecule has 0 bridgehead atoms. The molecule has 1 aromatic rings. The molecule has 1 fully saturated rings. The van der Waals surface area contributed by atoms with Crippen molar-refractivity contribution in [2.45, 2.75) is 25.6 Å². The lowest BCUT2D eigenvalue weighted by atomic mass is 10.2. The zero-order valence-corrected chi connectivity index (χ0v) is 12.6. The Kier molecular flexibility index (Phi) is 6.10. The standard InChI is InChI=1S/C15H23N3O3/c1-3-21-14-11-20-10-13(14)17-15(19)9-18(2)8-12-4-6-16-7-5-12/h4-7,13-14H,3,8-11H2,1-2H3,(H,17,19)/t13-,14-/m1/s1. The van der Waals surface area contributed by atoms with Crippen LogP contribution < -0.4 is 5.32 Å². The normalized spacial score (nSPS) is 21.7. The van der Waals surface area contributed by atoms with Crippen LogP contribution in [0.15, 0.2) is 24.5 Å². The molecule has 2 heterocycles. The van der Waals surface area contributed by atoms with E-state index in [2.05, 4.69) is 10.3 Å². The Morgan fingerprint density at radius 2 is 2.24 bits per heavy atom. The number of nitrogens with one attached hydrogen (secondary N) is 1. The van der Waals surface area contributed by atoms with Gasteiger partial charge in [-0.2, -0.15) is 0 Å². The number of nitrogens with zero attached hydrogens (tertiary/aromatic N) is 2. The minimum atomic E-state index is -0.0493. The average molecular weight is 293 g/mol. The van der Waals surface area contributed by atoms with Gasteiger partial charge in [-0.25, -0.2) is 0 Å². The van der Waals surface area contributed by atoms with Crippen molar-refractivity contribution in [3.05, 3.63) is 30.1 Å². The molecule has 1 aliphatic rings. The van der Waals surface area contributed by atoms with Crippen molar-refractivity contribution in [2.75, 3.05) is 33.4 Å². The Bertz CT molecular complexity index is 441. The second-order valence-corrected chi connectivity index (χ2v) is 5.23. The zero-order chi connectivity index (χ0) is 15.1. The Labute approximate surface area is 125 Å². The highest BCUT2D eigenvalue weighted by molar-refractivity contribution is 5.78. The van der Waals surface area contributed by atoms with E-state index in [9.17, 15) is 4.79 Å². The molecule has 1 aromatic heterocycles. The number of carbonyl (C=O) groups excluding carboxylic acids is 1. The predicted octanol–water partition coefficient (Wildman–Crippen LogP) is 0.434. The third-order valence-corrected chi connectivity index (χ3v) is 3.37. The van der Waals surface area contributed by atoms with Crippen molar-refractivity contribution in [1.82, 2.24) is 15.2 Å². The van der Waals surface area contributed by atoms with Gasteiger partial charge in [-0.1, -0.05) is 0 Å². The van der Waals surface area contributed by atoms with Crippen molar-refractivity contribution in [3.63, 3.8) is 0 Å². The Morgan fingerprint density at radius 1 is 1.48 bits per heavy atom. The largest absolute Gasteiger partial charge is 0.376 e. The molecule has 116 valence electrons. The fourth-order valence-corrected chi connectivity index (χ4v) is 2.40. The molecule has 1 amide bonds. The first-order chi connectivity index (χ1) is 10.2. The second kappa shape index (κ2) is 8.07. The lowest BCUT2D eigenvalue weighted by molar-refractivity contribution is -0.123. The van der Waals surface area contributed by atoms with Crippen molar-refractivity contribution < 1.29 is 14.3 Å². The first-order valence-electron chi connectivity index (χ1n) is 7.25. The number of pyridine rings is 1. The zero-order valence-electron chi connectivity index (χ0n) is 12.6. The van der Waals surface area contributed by atoms with Gasteiger partial charge in [0.15, 0.2) is 0 Å². The number of hydrogen-bond acceptors (Lipinski definition) is 5. The molecular formula is C15H23N3O3. The van der Waals surface area contributed by atoms with Crippen LogP contribution in [0.25, 0.3) is 0 Å². The number of amides is 1. The third kappa shape index (κ3) is 5.08. The summed E-state index contributed by atoms with van der Waals surface area (Å²) in [7, 11) is 1.92. The fourth-order valence-electron chi connectivity index (χ4n) is 2.40. The maximum atomic E-state index is 12.1. The van der Waals surface area contributed by atoms with Gasteiger partial charge in [0.1, 0.15) is 6.10 Å². The Balaban J connectivity index is 1.76. The van der Waals surface area contributed by atoms with Crippen LogP contribution in [0, 0.1) is 0 Å². The molecule has 2 atom stereocenters. The van der Waals surface area contributed by atoms with E-state index in [-0.39, 0.29) is 18.1 Å². The van der Waals surface area contributed by atoms with Crippen LogP contribution in [-0.4, -0.2) is 61.3 Å². The van der Waals surface area contributed by atoms with Crippen LogP contribution in [0.5, 0.6) is 0 Å². The van der Waals surface area contributed by atoms with E-state index in [4.69, 9.17) is 9.47 Å². The van der Waals surface area contributed by atoms with Crippen molar-refractivity contribution >= 4 is 5.91 Å². The molecular weight excluding hydrogens is 270 g/mol. The summed E-state index contributed by atoms with van der Waals surface area (Å²) in [6.07, 6.45) is 3.47. The molecule has 2 rings (SSSR count). The summed E-state index contributed by atoms with van der Waals surface area (Å²) < 4.78 is 10.9. The number of rotatable bonds is 7. The summed E-state index contributed by atoms with van der Waals surface area (Å²) in [4.78, 5) is 18.0. The highest BCUT2D eigenvalue weighted by Crippen LogP contribution is 2.10. The van der Waals surface area contributed by atoms with Gasteiger partial charge in [0.2, 0.25) is 5.91 Å². The summed E-state index contributed by atoms with van der Waals surface area (Å²) in [5.41, 5.74) is 1.14. The summed E-state index contributed by atoms with van der Waals surface area (Å²) in [6, 6.07) is 3.85. The van der Waals surface area contributed by atoms with E-state index in [0.29, 0.717) is 32.9 Å². The van der Waals surface area contributed by atoms with Gasteiger partial charge in [0, 0.05) is 25.5 Å². The van der Waals surface area contributed by atoms with Gasteiger partial charge < -0.3 is 14.8 Å². The third-order valence-electron chi connectivity index (χ3n) is 3.37. The Hall–Kier alpha value is -1.50. The lowest BCUT2D eigenvalue weighted by Crippen LogP contribution is -2.47. The molecule has 6 nitrogen and oxygen atoms in total. The number of hydrogen-bond donors (Lipinski definition) is 1. The highest BCUT2D eigenvalue weighted by atomic mass is 16.5. The fraction of sp³-hybridized carbons (Fsp3) is 0.600. The summed E-state index contributed by atoms with van der Waals surface area (Å²) in [5, 5.41) is 2.99. The predicted molar refractivity (Wildman–Crippen MR) is 78.7 cm³/mol. The van der Waals surface area contributed by atoms with Crippen LogP contribution >= 0.6 is 0 Å². The van der Waals surface area contributed by atoms with Crippen LogP contribution in [0.2, 0.25) is 0 Å². The maximum Gasteiger partial charge on any atom is 0.234 e. The molecule has 1 N–H and O–H groups in total. The van der Waals surface area contributed by atoms with Crippen LogP contribution in [0.1, 0.15) is 12.5 Å². The van der Waals surface area contributed by atoms with Crippen LogP contribution in [0.3, 0.4) is 0 Å². The quantitative estimate of drug-likeness (QED) is 0.790. The van der Waals surface area contributed by atoms with Crippen molar-refractivity contribution in [1.29, 1.82) is 0 Å². The highest BCUT2D eigenvalue weighted by Gasteiger charge is 2.30. The molecule has 6 heteroatoms. The monoisotopic (exact) mass is 293 g/mol. The van der Waals surface area contributed by atoms with E-state index in [1.165, 1.54) is 0 Å². The first-order valence-corrected chi connectivity index (χ1v) is 7.25. The summed E-state index contributed by atoms with van der Waals surface area (Å²) in [5.74, 6) is -0.00763. The molecule has 21 heavy (non-hydrogen) atoms. The van der Waals surface area contributed by atoms with Gasteiger partial charge in [-0.3, -0.25) is 14.7 Å². The molecule has 1 aliphatic heterocycles. The molecule has 0 radical (unpaired) electrons. The van der Waals surface area contributed by atoms with Gasteiger partial charge in [0.25, 0.3) is 0 Å². The summed E-state index contributed by atoms with van der Waals surface area (Å²) in [6.45, 7) is 4.70. The van der Waals surface area contributed by atoms with Crippen molar-refractivity contribution in [3.8, 4) is 0 Å². The second-order valence-electron chi connectivity index (χ2n) is 5.23. The summed E-state index contributed by atoms with van der Waals surface area (Å²) >= 11 is 0. The average Bonchev–Trinajstić information content (AvgIpc) is 2.87. The van der Waals surface area contributed by atoms with Crippen LogP contribution in [0.4, 0.5) is 0 Å². The number of ether oxygens (including phenoxy) is 2. The smallest absolute Gasteiger partial charge is 0.234 e. The number of likely N-dealkylation sites (N-methyl/N-ethyl adjacent to an activating group) is 1. The topological polar surface area (TPSA) is 63.7 Å². The van der Waals surface area contributed by atoms with E-state index >= 15 is 0 Å². The lowest BCUT2D eigenvalue weighted by Gasteiger charge is -2.21. The Morgan fingerprint density at radius 3 is 2.95 bits per heavy atom. The van der Waals surface area contributed by atoms with E-state index < -0.39 is 0 Å². The minimum absolute atomic E-state index is 0.00763. The molecule has 0 aromatic carbocycles. The van der Waals surface area contributed by atoms with Gasteiger partial charge in [0.05, 0.1) is 25.8 Å². The molecule has 0 saturated carbocycles. The van der Waals surface area contributed by atoms with E-state index in [1.54, 1.807) is 12.4 Å². The molecule has 0 spiro atoms. The minimum Gasteiger partial charge on any atom is -0.376 e. The number of carbonyl (C=O) groups is 1.